The van der Waals surface area contributed by atoms with Gasteiger partial charge in [-0.05, 0) is 42.8 Å². The van der Waals surface area contributed by atoms with Crippen LogP contribution in [-0.2, 0) is 0 Å². The molecule has 0 spiro atoms. The number of rotatable bonds is 8. The van der Waals surface area contributed by atoms with E-state index in [4.69, 9.17) is 5.11 Å². The smallest absolute Gasteiger partial charge is 0.235 e. The zero-order valence-electron chi connectivity index (χ0n) is 17.5. The monoisotopic (exact) mass is 440 g/mol. The number of nitro groups is 1. The lowest BCUT2D eigenvalue weighted by molar-refractivity contribution is -0.400. The molecular formula is C23H28N4O3S. The highest BCUT2D eigenvalue weighted by molar-refractivity contribution is 7.99. The van der Waals surface area contributed by atoms with Crippen LogP contribution < -0.4 is 4.90 Å². The van der Waals surface area contributed by atoms with Crippen LogP contribution in [0.3, 0.4) is 0 Å². The van der Waals surface area contributed by atoms with Crippen molar-refractivity contribution < 1.29 is 10.0 Å². The summed E-state index contributed by atoms with van der Waals surface area (Å²) < 4.78 is 0. The highest BCUT2D eigenvalue weighted by Gasteiger charge is 2.24. The van der Waals surface area contributed by atoms with Gasteiger partial charge in [-0.15, -0.1) is 0 Å². The fourth-order valence-electron chi connectivity index (χ4n) is 4.17. The average molecular weight is 441 g/mol. The lowest BCUT2D eigenvalue weighted by Crippen LogP contribution is -2.47. The van der Waals surface area contributed by atoms with Gasteiger partial charge < -0.3 is 14.9 Å². The Kier molecular flexibility index (Phi) is 7.24. The van der Waals surface area contributed by atoms with E-state index < -0.39 is 4.92 Å². The quantitative estimate of drug-likeness (QED) is 0.497. The van der Waals surface area contributed by atoms with Crippen LogP contribution in [0.4, 0.5) is 11.4 Å². The molecule has 0 aromatic heterocycles. The van der Waals surface area contributed by atoms with Crippen LogP contribution in [0.5, 0.6) is 0 Å². The van der Waals surface area contributed by atoms with E-state index in [1.54, 1.807) is 17.8 Å². The molecule has 31 heavy (non-hydrogen) atoms. The van der Waals surface area contributed by atoms with Crippen molar-refractivity contribution in [3.8, 4) is 0 Å². The summed E-state index contributed by atoms with van der Waals surface area (Å²) in [4.78, 5) is 19.9. The summed E-state index contributed by atoms with van der Waals surface area (Å²) in [7, 11) is 0. The second kappa shape index (κ2) is 10.3. The molecule has 2 aliphatic heterocycles. The second-order valence-corrected chi connectivity index (χ2v) is 8.89. The molecule has 2 heterocycles. The van der Waals surface area contributed by atoms with Crippen molar-refractivity contribution in [1.82, 2.24) is 9.80 Å². The van der Waals surface area contributed by atoms with E-state index in [9.17, 15) is 10.1 Å². The van der Waals surface area contributed by atoms with Crippen molar-refractivity contribution in [1.29, 1.82) is 0 Å². The number of hydrogen-bond donors (Lipinski definition) is 1. The molecule has 8 heteroatoms. The first-order chi connectivity index (χ1) is 15.1. The van der Waals surface area contributed by atoms with Gasteiger partial charge in [-0.2, -0.15) is 0 Å². The van der Waals surface area contributed by atoms with Crippen LogP contribution >= 0.6 is 11.8 Å². The Morgan fingerprint density at radius 1 is 0.968 bits per heavy atom. The van der Waals surface area contributed by atoms with Gasteiger partial charge in [0.05, 0.1) is 22.9 Å². The molecule has 1 saturated heterocycles. The van der Waals surface area contributed by atoms with E-state index in [2.05, 4.69) is 45.0 Å². The maximum absolute atomic E-state index is 10.7. The number of benzene rings is 2. The molecule has 0 atom stereocenters. The lowest BCUT2D eigenvalue weighted by Gasteiger charge is -2.36. The minimum atomic E-state index is -0.429. The fraction of sp³-hybridized carbons (Fsp3) is 0.391. The van der Waals surface area contributed by atoms with Gasteiger partial charge in [0.2, 0.25) is 6.20 Å². The largest absolute Gasteiger partial charge is 0.395 e. The molecule has 7 nitrogen and oxygen atoms in total. The molecule has 2 aliphatic rings. The van der Waals surface area contributed by atoms with Gasteiger partial charge in [0.25, 0.3) is 0 Å². The molecule has 4 rings (SSSR count). The number of anilines is 2. The Labute approximate surface area is 187 Å². The zero-order valence-corrected chi connectivity index (χ0v) is 18.3. The molecule has 0 saturated carbocycles. The molecule has 0 radical (unpaired) electrons. The molecular weight excluding hydrogens is 412 g/mol. The Balaban J connectivity index is 1.46. The van der Waals surface area contributed by atoms with Crippen LogP contribution in [0.25, 0.3) is 6.08 Å². The zero-order chi connectivity index (χ0) is 21.6. The van der Waals surface area contributed by atoms with Gasteiger partial charge in [-0.3, -0.25) is 15.0 Å². The van der Waals surface area contributed by atoms with Crippen LogP contribution in [0.2, 0.25) is 0 Å². The molecule has 164 valence electrons. The van der Waals surface area contributed by atoms with Crippen molar-refractivity contribution >= 4 is 29.2 Å². The maximum atomic E-state index is 10.7. The second-order valence-electron chi connectivity index (χ2n) is 7.81. The lowest BCUT2D eigenvalue weighted by atomic mass is 10.1. The van der Waals surface area contributed by atoms with Gasteiger partial charge in [-0.25, -0.2) is 0 Å². The van der Waals surface area contributed by atoms with Gasteiger partial charge in [0, 0.05) is 55.1 Å². The average Bonchev–Trinajstić information content (AvgIpc) is 2.78. The number of aliphatic hydroxyl groups is 1. The number of β-amino-alcohol motifs (C(OH)–C–C–N with tert-alkyl or cyclic N) is 1. The topological polar surface area (TPSA) is 73.1 Å². The Morgan fingerprint density at radius 2 is 1.68 bits per heavy atom. The van der Waals surface area contributed by atoms with E-state index in [-0.39, 0.29) is 6.61 Å². The Hall–Kier alpha value is -2.39. The summed E-state index contributed by atoms with van der Waals surface area (Å²) in [6.07, 6.45) is 3.58. The van der Waals surface area contributed by atoms with Gasteiger partial charge in [0.1, 0.15) is 0 Å². The van der Waals surface area contributed by atoms with Gasteiger partial charge in [-0.1, -0.05) is 30.0 Å². The van der Waals surface area contributed by atoms with E-state index in [1.807, 2.05) is 12.1 Å². The van der Waals surface area contributed by atoms with E-state index in [1.165, 1.54) is 15.5 Å². The normalized spacial score (nSPS) is 17.0. The van der Waals surface area contributed by atoms with Gasteiger partial charge in [0.15, 0.2) is 0 Å². The highest BCUT2D eigenvalue weighted by atomic mass is 32.2. The third-order valence-electron chi connectivity index (χ3n) is 5.78. The number of fused-ring (bicyclic) bond motifs is 2. The predicted octanol–water partition coefficient (Wildman–Crippen LogP) is 3.54. The van der Waals surface area contributed by atoms with Crippen LogP contribution in [0.15, 0.2) is 58.5 Å². The maximum Gasteiger partial charge on any atom is 0.235 e. The summed E-state index contributed by atoms with van der Waals surface area (Å²) >= 11 is 1.75. The number of hydrogen-bond acceptors (Lipinski definition) is 7. The minimum absolute atomic E-state index is 0.227. The van der Waals surface area contributed by atoms with Crippen LogP contribution in [-0.4, -0.2) is 72.2 Å². The van der Waals surface area contributed by atoms with Crippen molar-refractivity contribution in [2.24, 2.45) is 0 Å². The summed E-state index contributed by atoms with van der Waals surface area (Å²) in [5.41, 5.74) is 3.14. The molecule has 0 unspecified atom stereocenters. The number of piperazine rings is 1. The van der Waals surface area contributed by atoms with E-state index in [0.717, 1.165) is 69.7 Å². The highest BCUT2D eigenvalue weighted by Crippen LogP contribution is 2.48. The first-order valence-corrected chi connectivity index (χ1v) is 11.5. The molecule has 1 fully saturated rings. The summed E-state index contributed by atoms with van der Waals surface area (Å²) in [6, 6.07) is 14.5. The third kappa shape index (κ3) is 5.46. The fourth-order valence-corrected chi connectivity index (χ4v) is 5.24. The van der Waals surface area contributed by atoms with Gasteiger partial charge >= 0.3 is 0 Å². The molecule has 0 aliphatic carbocycles. The Morgan fingerprint density at radius 3 is 2.42 bits per heavy atom. The summed E-state index contributed by atoms with van der Waals surface area (Å²) in [6.45, 7) is 7.03. The van der Waals surface area contributed by atoms with Crippen molar-refractivity contribution in [2.45, 2.75) is 16.2 Å². The summed E-state index contributed by atoms with van der Waals surface area (Å²) in [5, 5.41) is 19.8. The Bertz CT molecular complexity index is 944. The molecule has 2 aromatic rings. The molecule has 0 bridgehead atoms. The number of aliphatic hydroxyl groups excluding tert-OH is 1. The molecule has 0 amide bonds. The van der Waals surface area contributed by atoms with E-state index >= 15 is 0 Å². The number of para-hydroxylation sites is 1. The first-order valence-electron chi connectivity index (χ1n) is 10.7. The molecule has 2 aromatic carbocycles. The standard InChI is InChI=1S/C23H28N4O3S/c28-17-16-25-14-12-24(13-15-25)9-3-10-26-20-4-1-2-5-22(20)31-23-7-6-19(18-21(23)26)8-11-27(29)30/h1-2,4-8,11,18,28H,3,9-10,12-17H2. The third-order valence-corrected chi connectivity index (χ3v) is 6.91. The van der Waals surface area contributed by atoms with E-state index in [0.29, 0.717) is 0 Å². The van der Waals surface area contributed by atoms with Crippen molar-refractivity contribution in [3.63, 3.8) is 0 Å². The first kappa shape index (κ1) is 21.8. The SMILES string of the molecule is O=[N+]([O-])C=Cc1ccc2c(c1)N(CCCN1CCN(CCO)CC1)c1ccccc1S2. The summed E-state index contributed by atoms with van der Waals surface area (Å²) in [5.74, 6) is 0. The van der Waals surface area contributed by atoms with Crippen LogP contribution in [0.1, 0.15) is 12.0 Å². The molecule has 1 N–H and O–H groups in total. The predicted molar refractivity (Wildman–Crippen MR) is 125 cm³/mol. The minimum Gasteiger partial charge on any atom is -0.395 e. The van der Waals surface area contributed by atoms with Crippen molar-refractivity contribution in [2.75, 3.05) is 57.3 Å². The number of nitrogens with zero attached hydrogens (tertiary/aromatic N) is 4. The van der Waals surface area contributed by atoms with Crippen LogP contribution in [0, 0.1) is 10.1 Å². The van der Waals surface area contributed by atoms with Crippen molar-refractivity contribution in [3.05, 3.63) is 64.3 Å².